The third-order valence-corrected chi connectivity index (χ3v) is 4.69. The molecule has 1 atom stereocenters. The molecule has 20 heavy (non-hydrogen) atoms. The van der Waals surface area contributed by atoms with Crippen LogP contribution in [0.3, 0.4) is 0 Å². The van der Waals surface area contributed by atoms with Gasteiger partial charge in [0.05, 0.1) is 0 Å². The highest BCUT2D eigenvalue weighted by molar-refractivity contribution is 5.82. The van der Waals surface area contributed by atoms with Crippen LogP contribution in [0.1, 0.15) is 25.8 Å². The maximum absolute atomic E-state index is 3.38. The van der Waals surface area contributed by atoms with Gasteiger partial charge in [-0.3, -0.25) is 9.80 Å². The molecule has 0 unspecified atom stereocenters. The van der Waals surface area contributed by atoms with Crippen molar-refractivity contribution < 1.29 is 0 Å². The Kier molecular flexibility index (Phi) is 4.08. The molecule has 3 nitrogen and oxygen atoms in total. The van der Waals surface area contributed by atoms with Crippen LogP contribution in [0.5, 0.6) is 0 Å². The standard InChI is InChI=1S/C17H25N3/c1-3-14(2)20-10-8-19(9-11-20)13-15-12-18-17-7-5-4-6-16(15)17/h4-7,12,14,18H,3,8-11,13H2,1-2H3/t14-/m1/s1. The molecule has 1 aliphatic heterocycles. The average molecular weight is 271 g/mol. The Hall–Kier alpha value is -1.32. The molecule has 0 radical (unpaired) electrons. The summed E-state index contributed by atoms with van der Waals surface area (Å²) in [6, 6.07) is 9.31. The minimum atomic E-state index is 0.727. The van der Waals surface area contributed by atoms with Crippen LogP contribution in [0.4, 0.5) is 0 Å². The van der Waals surface area contributed by atoms with Crippen molar-refractivity contribution in [2.45, 2.75) is 32.9 Å². The molecule has 1 aliphatic rings. The van der Waals surface area contributed by atoms with Gasteiger partial charge in [0, 0.05) is 55.9 Å². The SMILES string of the molecule is CC[C@@H](C)N1CCN(Cc2c[nH]c3ccccc23)CC1. The lowest BCUT2D eigenvalue weighted by Gasteiger charge is -2.37. The maximum Gasteiger partial charge on any atom is 0.0457 e. The van der Waals surface area contributed by atoms with E-state index in [2.05, 4.69) is 59.1 Å². The number of aromatic amines is 1. The summed E-state index contributed by atoms with van der Waals surface area (Å²) in [6.07, 6.45) is 3.42. The summed E-state index contributed by atoms with van der Waals surface area (Å²) >= 11 is 0. The largest absolute Gasteiger partial charge is 0.361 e. The zero-order chi connectivity index (χ0) is 13.9. The van der Waals surface area contributed by atoms with Crippen molar-refractivity contribution in [3.05, 3.63) is 36.0 Å². The maximum atomic E-state index is 3.38. The van der Waals surface area contributed by atoms with Gasteiger partial charge in [0.1, 0.15) is 0 Å². The van der Waals surface area contributed by atoms with Gasteiger partial charge in [0.2, 0.25) is 0 Å². The fraction of sp³-hybridized carbons (Fsp3) is 0.529. The van der Waals surface area contributed by atoms with Crippen LogP contribution in [0.25, 0.3) is 10.9 Å². The van der Waals surface area contributed by atoms with E-state index in [-0.39, 0.29) is 0 Å². The monoisotopic (exact) mass is 271 g/mol. The van der Waals surface area contributed by atoms with Crippen molar-refractivity contribution in [1.29, 1.82) is 0 Å². The average Bonchev–Trinajstić information content (AvgIpc) is 2.91. The van der Waals surface area contributed by atoms with Crippen molar-refractivity contribution in [3.8, 4) is 0 Å². The van der Waals surface area contributed by atoms with Crippen molar-refractivity contribution in [2.75, 3.05) is 26.2 Å². The van der Waals surface area contributed by atoms with Gasteiger partial charge >= 0.3 is 0 Å². The molecule has 108 valence electrons. The molecular weight excluding hydrogens is 246 g/mol. The number of hydrogen-bond donors (Lipinski definition) is 1. The van der Waals surface area contributed by atoms with Gasteiger partial charge in [-0.1, -0.05) is 25.1 Å². The van der Waals surface area contributed by atoms with E-state index in [1.807, 2.05) is 0 Å². The van der Waals surface area contributed by atoms with Crippen molar-refractivity contribution >= 4 is 10.9 Å². The molecule has 1 aromatic carbocycles. The first-order valence-electron chi connectivity index (χ1n) is 7.79. The van der Waals surface area contributed by atoms with E-state index in [0.717, 1.165) is 12.6 Å². The molecule has 0 spiro atoms. The molecule has 3 rings (SSSR count). The summed E-state index contributed by atoms with van der Waals surface area (Å²) in [5, 5.41) is 1.37. The molecule has 2 aromatic rings. The molecule has 0 bridgehead atoms. The van der Waals surface area contributed by atoms with Gasteiger partial charge in [-0.2, -0.15) is 0 Å². The van der Waals surface area contributed by atoms with Crippen LogP contribution in [-0.4, -0.2) is 47.0 Å². The predicted molar refractivity (Wildman–Crippen MR) is 84.9 cm³/mol. The Morgan fingerprint density at radius 1 is 1.15 bits per heavy atom. The number of benzene rings is 1. The van der Waals surface area contributed by atoms with Crippen LogP contribution in [0.15, 0.2) is 30.5 Å². The fourth-order valence-corrected chi connectivity index (χ4v) is 3.12. The first kappa shape index (κ1) is 13.7. The first-order chi connectivity index (χ1) is 9.78. The summed E-state index contributed by atoms with van der Waals surface area (Å²) in [5.74, 6) is 0. The Morgan fingerprint density at radius 2 is 1.90 bits per heavy atom. The van der Waals surface area contributed by atoms with Crippen LogP contribution < -0.4 is 0 Å². The van der Waals surface area contributed by atoms with Gasteiger partial charge in [0.15, 0.2) is 0 Å². The molecule has 0 saturated carbocycles. The number of nitrogens with one attached hydrogen (secondary N) is 1. The minimum absolute atomic E-state index is 0.727. The second kappa shape index (κ2) is 5.98. The normalized spacial score (nSPS) is 19.5. The van der Waals surface area contributed by atoms with E-state index in [1.165, 1.54) is 49.1 Å². The molecule has 1 N–H and O–H groups in total. The highest BCUT2D eigenvalue weighted by Gasteiger charge is 2.20. The van der Waals surface area contributed by atoms with Gasteiger partial charge in [0.25, 0.3) is 0 Å². The number of para-hydroxylation sites is 1. The molecule has 1 saturated heterocycles. The smallest absolute Gasteiger partial charge is 0.0457 e. The zero-order valence-corrected chi connectivity index (χ0v) is 12.6. The third-order valence-electron chi connectivity index (χ3n) is 4.69. The summed E-state index contributed by atoms with van der Waals surface area (Å²) in [6.45, 7) is 10.5. The summed E-state index contributed by atoms with van der Waals surface area (Å²) < 4.78 is 0. The number of hydrogen-bond acceptors (Lipinski definition) is 2. The quantitative estimate of drug-likeness (QED) is 0.923. The number of H-pyrrole nitrogens is 1. The lowest BCUT2D eigenvalue weighted by Crippen LogP contribution is -2.48. The van der Waals surface area contributed by atoms with Crippen LogP contribution >= 0.6 is 0 Å². The highest BCUT2D eigenvalue weighted by atomic mass is 15.3. The van der Waals surface area contributed by atoms with Gasteiger partial charge in [-0.05, 0) is 25.0 Å². The van der Waals surface area contributed by atoms with E-state index in [4.69, 9.17) is 0 Å². The Bertz CT molecular complexity index is 552. The number of fused-ring (bicyclic) bond motifs is 1. The zero-order valence-electron chi connectivity index (χ0n) is 12.6. The Morgan fingerprint density at radius 3 is 2.65 bits per heavy atom. The molecule has 2 heterocycles. The number of rotatable bonds is 4. The van der Waals surface area contributed by atoms with E-state index in [0.29, 0.717) is 0 Å². The first-order valence-corrected chi connectivity index (χ1v) is 7.79. The molecule has 1 fully saturated rings. The second-order valence-electron chi connectivity index (χ2n) is 5.93. The van der Waals surface area contributed by atoms with Crippen molar-refractivity contribution in [2.24, 2.45) is 0 Å². The van der Waals surface area contributed by atoms with Crippen molar-refractivity contribution in [1.82, 2.24) is 14.8 Å². The number of aromatic nitrogens is 1. The minimum Gasteiger partial charge on any atom is -0.361 e. The van der Waals surface area contributed by atoms with Gasteiger partial charge in [-0.15, -0.1) is 0 Å². The van der Waals surface area contributed by atoms with Crippen LogP contribution in [0.2, 0.25) is 0 Å². The number of piperazine rings is 1. The number of nitrogens with zero attached hydrogens (tertiary/aromatic N) is 2. The summed E-state index contributed by atoms with van der Waals surface area (Å²) in [4.78, 5) is 8.57. The Balaban J connectivity index is 1.62. The molecule has 3 heteroatoms. The van der Waals surface area contributed by atoms with Gasteiger partial charge in [-0.25, -0.2) is 0 Å². The molecule has 0 amide bonds. The third kappa shape index (κ3) is 2.74. The van der Waals surface area contributed by atoms with E-state index in [1.54, 1.807) is 0 Å². The van der Waals surface area contributed by atoms with Gasteiger partial charge < -0.3 is 4.98 Å². The Labute approximate surface area is 121 Å². The highest BCUT2D eigenvalue weighted by Crippen LogP contribution is 2.20. The topological polar surface area (TPSA) is 22.3 Å². The molecule has 1 aromatic heterocycles. The van der Waals surface area contributed by atoms with E-state index >= 15 is 0 Å². The predicted octanol–water partition coefficient (Wildman–Crippen LogP) is 3.08. The second-order valence-corrected chi connectivity index (χ2v) is 5.93. The fourth-order valence-electron chi connectivity index (χ4n) is 3.12. The van der Waals surface area contributed by atoms with E-state index in [9.17, 15) is 0 Å². The van der Waals surface area contributed by atoms with Crippen LogP contribution in [0, 0.1) is 0 Å². The van der Waals surface area contributed by atoms with E-state index < -0.39 is 0 Å². The lowest BCUT2D eigenvalue weighted by atomic mass is 10.1. The van der Waals surface area contributed by atoms with Crippen molar-refractivity contribution in [3.63, 3.8) is 0 Å². The molecular formula is C17H25N3. The molecule has 0 aliphatic carbocycles. The summed E-state index contributed by atoms with van der Waals surface area (Å²) in [7, 11) is 0. The van der Waals surface area contributed by atoms with Crippen LogP contribution in [-0.2, 0) is 6.54 Å². The lowest BCUT2D eigenvalue weighted by molar-refractivity contribution is 0.0966. The summed E-state index contributed by atoms with van der Waals surface area (Å²) in [5.41, 5.74) is 2.68.